The van der Waals surface area contributed by atoms with E-state index in [0.717, 1.165) is 68.4 Å². The molecular weight excluding hydrogens is 553 g/mol. The molecule has 2 N–H and O–H groups in total. The summed E-state index contributed by atoms with van der Waals surface area (Å²) in [4.78, 5) is 13.8. The van der Waals surface area contributed by atoms with Crippen LogP contribution in [0.4, 0.5) is 13.2 Å². The Labute approximate surface area is 254 Å². The highest BCUT2D eigenvalue weighted by molar-refractivity contribution is 5.72. The number of alkyl halides is 3. The van der Waals surface area contributed by atoms with Crippen molar-refractivity contribution in [1.29, 1.82) is 0 Å². The lowest BCUT2D eigenvalue weighted by Gasteiger charge is -2.60. The number of hydrogen-bond acceptors (Lipinski definition) is 4. The predicted octanol–water partition coefficient (Wildman–Crippen LogP) is 9.00. The molecule has 6 rings (SSSR count). The van der Waals surface area contributed by atoms with Gasteiger partial charge in [0.2, 0.25) is 0 Å². The summed E-state index contributed by atoms with van der Waals surface area (Å²) in [6.07, 6.45) is 4.00. The van der Waals surface area contributed by atoms with Gasteiger partial charge in [-0.1, -0.05) is 57.2 Å². The van der Waals surface area contributed by atoms with E-state index in [9.17, 15) is 28.2 Å². The molecule has 0 saturated heterocycles. The zero-order chi connectivity index (χ0) is 31.2. The molecule has 43 heavy (non-hydrogen) atoms. The Kier molecular flexibility index (Phi) is 8.97. The first kappa shape index (κ1) is 31.9. The third-order valence-electron chi connectivity index (χ3n) is 11.3. The zero-order valence-electron chi connectivity index (χ0n) is 25.9. The number of halogens is 3. The van der Waals surface area contributed by atoms with E-state index in [4.69, 9.17) is 4.74 Å². The van der Waals surface area contributed by atoms with Crippen LogP contribution < -0.4 is 0 Å². The van der Waals surface area contributed by atoms with Crippen molar-refractivity contribution in [2.24, 2.45) is 29.6 Å². The highest BCUT2D eigenvalue weighted by Gasteiger charge is 2.58. The maximum atomic E-state index is 13.8. The van der Waals surface area contributed by atoms with Gasteiger partial charge in [0.05, 0.1) is 5.92 Å². The third-order valence-corrected chi connectivity index (χ3v) is 11.3. The van der Waals surface area contributed by atoms with E-state index in [1.807, 2.05) is 19.1 Å². The van der Waals surface area contributed by atoms with Crippen molar-refractivity contribution >= 4 is 5.97 Å². The van der Waals surface area contributed by atoms with Crippen LogP contribution >= 0.6 is 0 Å². The van der Waals surface area contributed by atoms with Crippen LogP contribution in [-0.4, -0.2) is 28.0 Å². The van der Waals surface area contributed by atoms with Gasteiger partial charge in [-0.25, -0.2) is 0 Å². The number of aliphatic hydroxyl groups is 1. The van der Waals surface area contributed by atoms with Gasteiger partial charge in [0.15, 0.2) is 5.60 Å². The molecule has 4 unspecified atom stereocenters. The summed E-state index contributed by atoms with van der Waals surface area (Å²) in [5.74, 6) is 2.05. The lowest BCUT2D eigenvalue weighted by Crippen LogP contribution is -2.59. The molecular formula is C36H47F3O4. The third kappa shape index (κ3) is 6.21. The maximum absolute atomic E-state index is 13.8. The summed E-state index contributed by atoms with van der Waals surface area (Å²) >= 11 is 0. The van der Waals surface area contributed by atoms with Crippen LogP contribution in [0.15, 0.2) is 48.5 Å². The number of rotatable bonds is 11. The van der Waals surface area contributed by atoms with Gasteiger partial charge in [0.25, 0.3) is 0 Å². The van der Waals surface area contributed by atoms with Crippen molar-refractivity contribution in [2.75, 3.05) is 0 Å². The van der Waals surface area contributed by atoms with Crippen LogP contribution in [0.2, 0.25) is 0 Å². The molecule has 0 aromatic heterocycles. The van der Waals surface area contributed by atoms with Crippen molar-refractivity contribution in [3.8, 4) is 5.75 Å². The predicted molar refractivity (Wildman–Crippen MR) is 161 cm³/mol. The van der Waals surface area contributed by atoms with Crippen LogP contribution in [-0.2, 0) is 15.1 Å². The Hall–Kier alpha value is -2.54. The monoisotopic (exact) mass is 600 g/mol. The second kappa shape index (κ2) is 12.1. The Balaban J connectivity index is 1.38. The molecule has 4 saturated carbocycles. The van der Waals surface area contributed by atoms with E-state index in [0.29, 0.717) is 24.7 Å². The van der Waals surface area contributed by atoms with E-state index in [1.54, 1.807) is 24.3 Å². The molecule has 0 radical (unpaired) electrons. The minimum atomic E-state index is -4.80. The smallest absolute Gasteiger partial charge is 0.421 e. The molecule has 4 atom stereocenters. The summed E-state index contributed by atoms with van der Waals surface area (Å²) in [5, 5.41) is 20.0. The number of esters is 1. The Bertz CT molecular complexity index is 1220. The van der Waals surface area contributed by atoms with E-state index < -0.39 is 11.8 Å². The zero-order valence-corrected chi connectivity index (χ0v) is 25.9. The summed E-state index contributed by atoms with van der Waals surface area (Å²) in [5.41, 5.74) is -1.65. The highest BCUT2D eigenvalue weighted by atomic mass is 19.4. The molecule has 4 fully saturated rings. The van der Waals surface area contributed by atoms with Crippen LogP contribution in [0.5, 0.6) is 5.75 Å². The quantitative estimate of drug-likeness (QED) is 0.253. The normalized spacial score (nSPS) is 30.0. The minimum absolute atomic E-state index is 0.123. The summed E-state index contributed by atoms with van der Waals surface area (Å²) in [6, 6.07) is 13.1. The number of hydrogen-bond donors (Lipinski definition) is 2. The standard InChI is InChI=1S/C36H47F3O4/c1-5-25(26-9-13-32(40)14-10-26)21-28(27-7-11-29(12-8-27)34(4,42)36(37,38)39)15-22(3)33(41)43-35(6-2)30-17-23-16-24(19-30)20-31(35)18-23/h7-14,22-25,28,30-31,40,42H,5-6,15-21H2,1-4H3. The Morgan fingerprint density at radius 2 is 1.40 bits per heavy atom. The topological polar surface area (TPSA) is 66.8 Å². The Morgan fingerprint density at radius 3 is 1.88 bits per heavy atom. The first-order valence-electron chi connectivity index (χ1n) is 16.2. The molecule has 0 spiro atoms. The van der Waals surface area contributed by atoms with Crippen molar-refractivity contribution in [3.63, 3.8) is 0 Å². The van der Waals surface area contributed by atoms with Gasteiger partial charge in [0.1, 0.15) is 11.4 Å². The summed E-state index contributed by atoms with van der Waals surface area (Å²) in [7, 11) is 0. The second-order valence-corrected chi connectivity index (χ2v) is 14.0. The minimum Gasteiger partial charge on any atom is -0.508 e. The van der Waals surface area contributed by atoms with Gasteiger partial charge in [-0.2, -0.15) is 13.2 Å². The molecule has 4 aliphatic rings. The SMILES string of the molecule is CCC(CC(CC(C)C(=O)OC1(CC)C2CC3CC(C2)CC1C3)c1ccc(C(C)(O)C(F)(F)F)cc1)c1ccc(O)cc1. The van der Waals surface area contributed by atoms with Crippen molar-refractivity contribution in [3.05, 3.63) is 65.2 Å². The molecule has 4 bridgehead atoms. The molecule has 2 aromatic rings. The van der Waals surface area contributed by atoms with Crippen LogP contribution in [0, 0.1) is 29.6 Å². The molecule has 0 heterocycles. The van der Waals surface area contributed by atoms with Gasteiger partial charge < -0.3 is 14.9 Å². The van der Waals surface area contributed by atoms with Crippen LogP contribution in [0.3, 0.4) is 0 Å². The molecule has 4 aliphatic carbocycles. The fraction of sp³-hybridized carbons (Fsp3) is 0.639. The van der Waals surface area contributed by atoms with Crippen molar-refractivity contribution in [1.82, 2.24) is 0 Å². The molecule has 2 aromatic carbocycles. The van der Waals surface area contributed by atoms with Crippen molar-refractivity contribution < 1.29 is 32.9 Å². The summed E-state index contributed by atoms with van der Waals surface area (Å²) in [6.45, 7) is 6.93. The number of phenols is 1. The number of phenolic OH excluding ortho intramolecular Hbond substituents is 1. The molecule has 0 aliphatic heterocycles. The van der Waals surface area contributed by atoms with E-state index >= 15 is 0 Å². The number of carbonyl (C=O) groups excluding carboxylic acids is 1. The van der Waals surface area contributed by atoms with E-state index in [-0.39, 0.29) is 40.6 Å². The average Bonchev–Trinajstić information content (AvgIpc) is 2.96. The molecule has 7 heteroatoms. The number of aromatic hydroxyl groups is 1. The van der Waals surface area contributed by atoms with Crippen molar-refractivity contribution in [2.45, 2.75) is 115 Å². The fourth-order valence-corrected chi connectivity index (χ4v) is 8.85. The van der Waals surface area contributed by atoms with E-state index in [1.165, 1.54) is 18.6 Å². The van der Waals surface area contributed by atoms with Crippen LogP contribution in [0.1, 0.15) is 114 Å². The average molecular weight is 601 g/mol. The number of carbonyl (C=O) groups is 1. The molecule has 0 amide bonds. The van der Waals surface area contributed by atoms with Gasteiger partial charge in [-0.3, -0.25) is 4.79 Å². The molecule has 4 nitrogen and oxygen atoms in total. The first-order chi connectivity index (χ1) is 20.3. The van der Waals surface area contributed by atoms with Crippen LogP contribution in [0.25, 0.3) is 0 Å². The van der Waals surface area contributed by atoms with Gasteiger partial charge in [-0.05, 0) is 129 Å². The maximum Gasteiger partial charge on any atom is 0.421 e. The summed E-state index contributed by atoms with van der Waals surface area (Å²) < 4.78 is 47.1. The van der Waals surface area contributed by atoms with Gasteiger partial charge in [-0.15, -0.1) is 0 Å². The van der Waals surface area contributed by atoms with Gasteiger partial charge >= 0.3 is 12.1 Å². The van der Waals surface area contributed by atoms with Gasteiger partial charge in [0, 0.05) is 0 Å². The fourth-order valence-electron chi connectivity index (χ4n) is 8.85. The Morgan fingerprint density at radius 1 is 0.884 bits per heavy atom. The molecule has 236 valence electrons. The second-order valence-electron chi connectivity index (χ2n) is 14.0. The lowest BCUT2D eigenvalue weighted by molar-refractivity contribution is -0.258. The lowest BCUT2D eigenvalue weighted by atomic mass is 9.49. The number of benzene rings is 2. The highest BCUT2D eigenvalue weighted by Crippen LogP contribution is 2.61. The number of ether oxygens (including phenoxy) is 1. The van der Waals surface area contributed by atoms with E-state index in [2.05, 4.69) is 13.8 Å². The largest absolute Gasteiger partial charge is 0.508 e. The first-order valence-corrected chi connectivity index (χ1v) is 16.2.